The maximum atomic E-state index is 11.7. The van der Waals surface area contributed by atoms with E-state index in [0.29, 0.717) is 17.2 Å². The quantitative estimate of drug-likeness (QED) is 0.294. The van der Waals surface area contributed by atoms with Crippen molar-refractivity contribution in [3.63, 3.8) is 0 Å². The van der Waals surface area contributed by atoms with Crippen LogP contribution in [0.2, 0.25) is 5.02 Å². The van der Waals surface area contributed by atoms with E-state index in [4.69, 9.17) is 17.0 Å². The lowest BCUT2D eigenvalue weighted by Crippen LogP contribution is -2.24. The number of nitrogens with one attached hydrogen (secondary N) is 2. The van der Waals surface area contributed by atoms with Crippen LogP contribution in [-0.2, 0) is 11.3 Å². The van der Waals surface area contributed by atoms with E-state index in [1.165, 1.54) is 6.92 Å². The van der Waals surface area contributed by atoms with E-state index in [-0.39, 0.29) is 5.91 Å². The van der Waals surface area contributed by atoms with Gasteiger partial charge in [0.25, 0.3) is 0 Å². The third-order valence-corrected chi connectivity index (χ3v) is 6.46. The van der Waals surface area contributed by atoms with Gasteiger partial charge in [0.15, 0.2) is 0 Å². The smallest absolute Gasteiger partial charge is 0.221 e. The van der Waals surface area contributed by atoms with E-state index in [1.807, 2.05) is 107 Å². The number of imidazole rings is 1. The van der Waals surface area contributed by atoms with Gasteiger partial charge < -0.3 is 9.88 Å². The minimum atomic E-state index is -0.103. The maximum Gasteiger partial charge on any atom is 0.221 e. The first-order valence-corrected chi connectivity index (χ1v) is 11.8. The lowest BCUT2D eigenvalue weighted by atomic mass is 10.0. The van der Waals surface area contributed by atoms with Crippen LogP contribution >= 0.6 is 11.6 Å². The second-order valence-corrected chi connectivity index (χ2v) is 9.01. The van der Waals surface area contributed by atoms with Crippen molar-refractivity contribution in [2.45, 2.75) is 20.4 Å². The molecule has 1 aromatic heterocycles. The molecule has 2 N–H and O–H groups in total. The average molecular weight is 481 g/mol. The summed E-state index contributed by atoms with van der Waals surface area (Å²) in [4.78, 5) is 11.7. The van der Waals surface area contributed by atoms with Crippen LogP contribution < -0.4 is 10.9 Å². The van der Waals surface area contributed by atoms with Crippen LogP contribution in [0.3, 0.4) is 0 Å². The highest BCUT2D eigenvalue weighted by Crippen LogP contribution is 2.30. The molecule has 1 heterocycles. The van der Waals surface area contributed by atoms with Gasteiger partial charge >= 0.3 is 0 Å². The largest absolute Gasteiger partial charge is 0.326 e. The van der Waals surface area contributed by atoms with Gasteiger partial charge in [0.2, 0.25) is 11.5 Å². The summed E-state index contributed by atoms with van der Waals surface area (Å²) < 4.78 is 3.92. The van der Waals surface area contributed by atoms with Gasteiger partial charge in [-0.15, -0.1) is 0 Å². The average Bonchev–Trinajstić information content (AvgIpc) is 3.12. The van der Waals surface area contributed by atoms with E-state index >= 15 is 0 Å². The lowest BCUT2D eigenvalue weighted by Gasteiger charge is -2.12. The molecule has 0 unspecified atom stereocenters. The van der Waals surface area contributed by atoms with Gasteiger partial charge in [-0.3, -0.25) is 14.8 Å². The predicted molar refractivity (Wildman–Crippen MR) is 142 cm³/mol. The molecule has 4 aromatic carbocycles. The number of benzene rings is 4. The summed E-state index contributed by atoms with van der Waals surface area (Å²) in [6.07, 6.45) is 0. The zero-order valence-corrected chi connectivity index (χ0v) is 20.3. The number of hydrogen-bond donors (Lipinski definition) is 2. The number of halogens is 1. The third-order valence-electron chi connectivity index (χ3n) is 6.09. The number of anilines is 1. The summed E-state index contributed by atoms with van der Waals surface area (Å²) in [5.74, 6) is -0.103. The van der Waals surface area contributed by atoms with Gasteiger partial charge in [-0.1, -0.05) is 66.2 Å². The van der Waals surface area contributed by atoms with Crippen LogP contribution in [0.4, 0.5) is 5.69 Å². The van der Waals surface area contributed by atoms with Crippen molar-refractivity contribution in [1.82, 2.24) is 9.13 Å². The van der Waals surface area contributed by atoms with Gasteiger partial charge in [0.1, 0.15) is 0 Å². The standard InChI is InChI=1S/C29H25ClN4O/c1-19-11-16-24(26(17-19)32-20(2)35)21-12-14-23(15-13-21)34-28-10-6-5-9-27(28)33(29(34)31)18-22-7-3-4-8-25(22)30/h3-17,31H,18H2,1-2H3,(H,32,35). The van der Waals surface area contributed by atoms with Crippen LogP contribution in [0, 0.1) is 12.3 Å². The molecule has 0 saturated carbocycles. The SMILES string of the molecule is CC(=O)Nc1cc(C)ccc1-c1ccc(-n2c(=N)n(Cc3ccccc3Cl)c3ccccc32)cc1. The summed E-state index contributed by atoms with van der Waals surface area (Å²) in [7, 11) is 0. The van der Waals surface area contributed by atoms with Crippen LogP contribution in [-0.4, -0.2) is 15.0 Å². The Balaban J connectivity index is 1.59. The molecule has 1 amide bonds. The van der Waals surface area contributed by atoms with Crippen molar-refractivity contribution in [3.8, 4) is 16.8 Å². The predicted octanol–water partition coefficient (Wildman–Crippen LogP) is 6.55. The van der Waals surface area contributed by atoms with E-state index in [9.17, 15) is 4.79 Å². The molecule has 0 saturated heterocycles. The Labute approximate surface area is 208 Å². The fourth-order valence-corrected chi connectivity index (χ4v) is 4.64. The number of aromatic nitrogens is 2. The normalized spacial score (nSPS) is 11.1. The molecule has 0 atom stereocenters. The highest BCUT2D eigenvalue weighted by atomic mass is 35.5. The van der Waals surface area contributed by atoms with E-state index < -0.39 is 0 Å². The van der Waals surface area contributed by atoms with Crippen molar-refractivity contribution >= 4 is 34.2 Å². The number of para-hydroxylation sites is 2. The Morgan fingerprint density at radius 3 is 2.31 bits per heavy atom. The topological polar surface area (TPSA) is 62.8 Å². The van der Waals surface area contributed by atoms with Gasteiger partial charge in [0, 0.05) is 28.9 Å². The first kappa shape index (κ1) is 22.7. The molecule has 0 fully saturated rings. The fraction of sp³-hybridized carbons (Fsp3) is 0.103. The minimum Gasteiger partial charge on any atom is -0.326 e. The van der Waals surface area contributed by atoms with Gasteiger partial charge in [0.05, 0.1) is 17.6 Å². The lowest BCUT2D eigenvalue weighted by molar-refractivity contribution is -0.114. The number of carbonyl (C=O) groups excluding carboxylic acids is 1. The monoisotopic (exact) mass is 480 g/mol. The molecular weight excluding hydrogens is 456 g/mol. The molecule has 5 aromatic rings. The molecule has 0 bridgehead atoms. The maximum absolute atomic E-state index is 11.7. The first-order chi connectivity index (χ1) is 16.9. The fourth-order valence-electron chi connectivity index (χ4n) is 4.44. The van der Waals surface area contributed by atoms with Gasteiger partial charge in [-0.05, 0) is 60.0 Å². The Hall–Kier alpha value is -4.09. The highest BCUT2D eigenvalue weighted by molar-refractivity contribution is 6.31. The molecule has 0 aliphatic rings. The molecule has 174 valence electrons. The second-order valence-electron chi connectivity index (χ2n) is 8.60. The Morgan fingerprint density at radius 1 is 0.914 bits per heavy atom. The summed E-state index contributed by atoms with van der Waals surface area (Å²) >= 11 is 6.42. The molecule has 5 rings (SSSR count). The summed E-state index contributed by atoms with van der Waals surface area (Å²) in [5.41, 5.74) is 7.95. The second kappa shape index (κ2) is 9.28. The summed E-state index contributed by atoms with van der Waals surface area (Å²) in [6, 6.07) is 29.9. The highest BCUT2D eigenvalue weighted by Gasteiger charge is 2.14. The van der Waals surface area contributed by atoms with Crippen molar-refractivity contribution in [2.24, 2.45) is 0 Å². The van der Waals surface area contributed by atoms with Crippen LogP contribution in [0.1, 0.15) is 18.1 Å². The first-order valence-electron chi connectivity index (χ1n) is 11.4. The summed E-state index contributed by atoms with van der Waals surface area (Å²) in [6.45, 7) is 4.02. The molecule has 0 spiro atoms. The third kappa shape index (κ3) is 4.38. The molecule has 35 heavy (non-hydrogen) atoms. The number of hydrogen-bond acceptors (Lipinski definition) is 2. The molecule has 0 aliphatic heterocycles. The number of aryl methyl sites for hydroxylation is 1. The van der Waals surface area contributed by atoms with Crippen LogP contribution in [0.5, 0.6) is 0 Å². The van der Waals surface area contributed by atoms with E-state index in [1.54, 1.807) is 0 Å². The number of carbonyl (C=O) groups is 1. The van der Waals surface area contributed by atoms with Crippen molar-refractivity contribution < 1.29 is 4.79 Å². The van der Waals surface area contributed by atoms with Crippen LogP contribution in [0.15, 0.2) is 91.0 Å². The van der Waals surface area contributed by atoms with Crippen molar-refractivity contribution in [3.05, 3.63) is 113 Å². The van der Waals surface area contributed by atoms with Gasteiger partial charge in [-0.2, -0.15) is 0 Å². The number of amides is 1. The molecule has 0 radical (unpaired) electrons. The molecular formula is C29H25ClN4O. The Kier molecular flexibility index (Phi) is 6.01. The number of fused-ring (bicyclic) bond motifs is 1. The molecule has 6 heteroatoms. The number of nitrogens with zero attached hydrogens (tertiary/aromatic N) is 2. The minimum absolute atomic E-state index is 0.103. The molecule has 0 aliphatic carbocycles. The number of rotatable bonds is 5. The van der Waals surface area contributed by atoms with E-state index in [0.717, 1.165) is 44.7 Å². The van der Waals surface area contributed by atoms with Crippen molar-refractivity contribution in [2.75, 3.05) is 5.32 Å². The Morgan fingerprint density at radius 2 is 1.60 bits per heavy atom. The zero-order chi connectivity index (χ0) is 24.5. The summed E-state index contributed by atoms with van der Waals surface area (Å²) in [5, 5.41) is 12.6. The van der Waals surface area contributed by atoms with Crippen LogP contribution in [0.25, 0.3) is 27.8 Å². The zero-order valence-electron chi connectivity index (χ0n) is 19.5. The van der Waals surface area contributed by atoms with E-state index in [2.05, 4.69) is 5.32 Å². The molecule has 5 nitrogen and oxygen atoms in total. The van der Waals surface area contributed by atoms with Crippen molar-refractivity contribution in [1.29, 1.82) is 5.41 Å². The Bertz CT molecular complexity index is 1610. The van der Waals surface area contributed by atoms with Gasteiger partial charge in [-0.25, -0.2) is 0 Å².